The fourth-order valence-corrected chi connectivity index (χ4v) is 5.63. The number of phenols is 1. The maximum absolute atomic E-state index is 13.9. The van der Waals surface area contributed by atoms with Crippen LogP contribution in [-0.2, 0) is 0 Å². The molecule has 1 aliphatic rings. The van der Waals surface area contributed by atoms with Crippen LogP contribution in [0.3, 0.4) is 0 Å². The molecule has 0 saturated carbocycles. The van der Waals surface area contributed by atoms with E-state index in [1.165, 1.54) is 29.9 Å². The van der Waals surface area contributed by atoms with Gasteiger partial charge >= 0.3 is 0 Å². The minimum absolute atomic E-state index is 0.0983. The van der Waals surface area contributed by atoms with Gasteiger partial charge in [-0.05, 0) is 86.0 Å². The molecule has 0 bridgehead atoms. The van der Waals surface area contributed by atoms with Crippen LogP contribution in [0.1, 0.15) is 34.1 Å². The van der Waals surface area contributed by atoms with Crippen LogP contribution < -0.4 is 9.47 Å². The maximum atomic E-state index is 13.9. The van der Waals surface area contributed by atoms with Crippen molar-refractivity contribution in [3.05, 3.63) is 82.5 Å². The minimum Gasteiger partial charge on any atom is -0.508 e. The summed E-state index contributed by atoms with van der Waals surface area (Å²) in [5.74, 6) is 1.75. The first-order chi connectivity index (χ1) is 17.4. The summed E-state index contributed by atoms with van der Waals surface area (Å²) in [6.07, 6.45) is 1.24. The van der Waals surface area contributed by atoms with Gasteiger partial charge in [-0.2, -0.15) is 0 Å². The van der Waals surface area contributed by atoms with Crippen LogP contribution in [0.15, 0.2) is 60.7 Å². The van der Waals surface area contributed by atoms with Crippen LogP contribution in [0.25, 0.3) is 10.1 Å². The number of phenolic OH excluding ortho intramolecular Hbond substituents is 1. The number of ketones is 1. The third kappa shape index (κ3) is 5.22. The van der Waals surface area contributed by atoms with E-state index >= 15 is 0 Å². The molecule has 0 amide bonds. The van der Waals surface area contributed by atoms with Crippen LogP contribution in [-0.4, -0.2) is 42.0 Å². The summed E-state index contributed by atoms with van der Waals surface area (Å²) in [5.41, 5.74) is 0.962. The molecule has 5 rings (SSSR count). The van der Waals surface area contributed by atoms with E-state index in [0.29, 0.717) is 38.6 Å². The number of likely N-dealkylation sites (tertiary alicyclic amines) is 1. The predicted octanol–water partition coefficient (Wildman–Crippen LogP) is 6.80. The number of rotatable bonds is 8. The number of nitrogens with zero attached hydrogens (tertiary/aromatic N) is 1. The molecule has 1 saturated heterocycles. The number of thiophene rings is 1. The van der Waals surface area contributed by atoms with E-state index in [4.69, 9.17) is 9.47 Å². The Kier molecular flexibility index (Phi) is 6.94. The van der Waals surface area contributed by atoms with Crippen molar-refractivity contribution < 1.29 is 23.8 Å². The minimum atomic E-state index is -0.472. The lowest BCUT2D eigenvalue weighted by molar-refractivity contribution is 0.103. The Bertz CT molecular complexity index is 1400. The number of fused-ring (bicyclic) bond motifs is 1. The summed E-state index contributed by atoms with van der Waals surface area (Å²) in [4.78, 5) is 16.2. The zero-order chi connectivity index (χ0) is 25.2. The lowest BCUT2D eigenvalue weighted by Gasteiger charge is -2.15. The van der Waals surface area contributed by atoms with Gasteiger partial charge in [-0.25, -0.2) is 4.39 Å². The van der Waals surface area contributed by atoms with Gasteiger partial charge in [0.2, 0.25) is 5.78 Å². The predicted molar refractivity (Wildman–Crippen MR) is 140 cm³/mol. The molecule has 0 aliphatic carbocycles. The molecular formula is C29H28FNO4S. The second-order valence-corrected chi connectivity index (χ2v) is 10.4. The molecule has 1 atom stereocenters. The van der Waals surface area contributed by atoms with Gasteiger partial charge in [0.25, 0.3) is 0 Å². The Morgan fingerprint density at radius 2 is 1.89 bits per heavy atom. The molecule has 3 aromatic carbocycles. The molecule has 186 valence electrons. The van der Waals surface area contributed by atoms with Gasteiger partial charge in [-0.15, -0.1) is 11.3 Å². The monoisotopic (exact) mass is 505 g/mol. The van der Waals surface area contributed by atoms with Crippen molar-refractivity contribution in [1.29, 1.82) is 0 Å². The first-order valence-electron chi connectivity index (χ1n) is 12.1. The van der Waals surface area contributed by atoms with E-state index < -0.39 is 5.82 Å². The first-order valence-corrected chi connectivity index (χ1v) is 12.9. The molecular weight excluding hydrogens is 477 g/mol. The van der Waals surface area contributed by atoms with Crippen LogP contribution in [0.5, 0.6) is 23.0 Å². The van der Waals surface area contributed by atoms with Crippen molar-refractivity contribution in [3.8, 4) is 23.0 Å². The van der Waals surface area contributed by atoms with Crippen LogP contribution in [0.4, 0.5) is 4.39 Å². The van der Waals surface area contributed by atoms with E-state index in [-0.39, 0.29) is 17.1 Å². The molecule has 1 aliphatic heterocycles. The number of carbonyl (C=O) groups excluding carboxylic acids is 1. The summed E-state index contributed by atoms with van der Waals surface area (Å²) in [6, 6.07) is 16.4. The van der Waals surface area contributed by atoms with Gasteiger partial charge in [0, 0.05) is 28.7 Å². The van der Waals surface area contributed by atoms with Crippen molar-refractivity contribution in [2.75, 3.05) is 26.2 Å². The Hall–Kier alpha value is -3.42. The van der Waals surface area contributed by atoms with E-state index in [2.05, 4.69) is 11.8 Å². The van der Waals surface area contributed by atoms with Gasteiger partial charge in [0.15, 0.2) is 5.75 Å². The molecule has 7 heteroatoms. The number of halogens is 1. The van der Waals surface area contributed by atoms with Crippen LogP contribution in [0.2, 0.25) is 0 Å². The van der Waals surface area contributed by atoms with Crippen molar-refractivity contribution in [2.24, 2.45) is 5.92 Å². The lowest BCUT2D eigenvalue weighted by Crippen LogP contribution is -2.25. The molecule has 0 spiro atoms. The third-order valence-electron chi connectivity index (χ3n) is 6.51. The third-order valence-corrected chi connectivity index (χ3v) is 7.64. The molecule has 0 radical (unpaired) electrons. The molecule has 1 N–H and O–H groups in total. The maximum Gasteiger partial charge on any atom is 0.207 e. The number of carbonyl (C=O) groups is 1. The zero-order valence-corrected chi connectivity index (χ0v) is 21.1. The Labute approximate surface area is 213 Å². The number of ether oxygens (including phenoxy) is 2. The molecule has 1 fully saturated rings. The van der Waals surface area contributed by atoms with E-state index in [0.717, 1.165) is 31.3 Å². The molecule has 4 aromatic rings. The van der Waals surface area contributed by atoms with Gasteiger partial charge < -0.3 is 14.6 Å². The van der Waals surface area contributed by atoms with Crippen molar-refractivity contribution >= 4 is 27.2 Å². The van der Waals surface area contributed by atoms with Gasteiger partial charge in [0.1, 0.15) is 34.5 Å². The van der Waals surface area contributed by atoms with Crippen molar-refractivity contribution in [1.82, 2.24) is 4.90 Å². The largest absolute Gasteiger partial charge is 0.508 e. The van der Waals surface area contributed by atoms with Crippen molar-refractivity contribution in [3.63, 3.8) is 0 Å². The van der Waals surface area contributed by atoms with Crippen LogP contribution in [0, 0.1) is 18.7 Å². The Balaban J connectivity index is 1.37. The SMILES string of the molecule is Cc1ccc(F)cc1C(=O)c1sc2cc(O)ccc2c1Oc1ccc(OCCN2CC[C@H](C)C2)cc1. The molecule has 0 unspecified atom stereocenters. The molecule has 36 heavy (non-hydrogen) atoms. The van der Waals surface area contributed by atoms with Gasteiger partial charge in [0.05, 0.1) is 0 Å². The second kappa shape index (κ2) is 10.3. The lowest BCUT2D eigenvalue weighted by atomic mass is 10.0. The molecule has 5 nitrogen and oxygen atoms in total. The van der Waals surface area contributed by atoms with Gasteiger partial charge in [-0.3, -0.25) is 9.69 Å². The molecule has 2 heterocycles. The second-order valence-electron chi connectivity index (χ2n) is 9.35. The summed E-state index contributed by atoms with van der Waals surface area (Å²) >= 11 is 1.21. The van der Waals surface area contributed by atoms with Crippen LogP contribution >= 0.6 is 11.3 Å². The summed E-state index contributed by atoms with van der Waals surface area (Å²) in [7, 11) is 0. The standard InChI is InChI=1S/C29H28FNO4S/c1-18-11-12-31(17-18)13-14-34-22-6-8-23(9-7-22)35-28-24-10-5-21(32)16-26(24)36-29(28)27(33)25-15-20(30)4-3-19(25)2/h3-10,15-16,18,32H,11-14,17H2,1-2H3/t18-/m0/s1. The average molecular weight is 506 g/mol. The first kappa shape index (κ1) is 24.3. The number of hydrogen-bond acceptors (Lipinski definition) is 6. The van der Waals surface area contributed by atoms with E-state index in [1.54, 1.807) is 43.3 Å². The number of hydrogen-bond donors (Lipinski definition) is 1. The molecule has 1 aromatic heterocycles. The smallest absolute Gasteiger partial charge is 0.207 e. The summed E-state index contributed by atoms with van der Waals surface area (Å²) < 4.78 is 26.8. The van der Waals surface area contributed by atoms with Gasteiger partial charge in [-0.1, -0.05) is 13.0 Å². The highest BCUT2D eigenvalue weighted by atomic mass is 32.1. The number of benzene rings is 3. The highest BCUT2D eigenvalue weighted by molar-refractivity contribution is 7.21. The number of aryl methyl sites for hydroxylation is 1. The average Bonchev–Trinajstić information content (AvgIpc) is 3.44. The Morgan fingerprint density at radius 1 is 1.11 bits per heavy atom. The quantitative estimate of drug-likeness (QED) is 0.267. The fourth-order valence-electron chi connectivity index (χ4n) is 4.52. The van der Waals surface area contributed by atoms with Crippen molar-refractivity contribution in [2.45, 2.75) is 20.3 Å². The topological polar surface area (TPSA) is 59.0 Å². The highest BCUT2D eigenvalue weighted by Crippen LogP contribution is 2.43. The fraction of sp³-hybridized carbons (Fsp3) is 0.276. The zero-order valence-electron chi connectivity index (χ0n) is 20.3. The Morgan fingerprint density at radius 3 is 2.64 bits per heavy atom. The highest BCUT2D eigenvalue weighted by Gasteiger charge is 2.24. The van der Waals surface area contributed by atoms with E-state index in [1.807, 2.05) is 12.1 Å². The summed E-state index contributed by atoms with van der Waals surface area (Å²) in [5, 5.41) is 10.7. The van der Waals surface area contributed by atoms with E-state index in [9.17, 15) is 14.3 Å². The summed E-state index contributed by atoms with van der Waals surface area (Å²) in [6.45, 7) is 7.82. The number of aromatic hydroxyl groups is 1. The normalized spacial score (nSPS) is 15.9.